The summed E-state index contributed by atoms with van der Waals surface area (Å²) in [6.45, 7) is 2.32. The molecule has 1 atom stereocenters. The van der Waals surface area contributed by atoms with Crippen molar-refractivity contribution in [2.45, 2.75) is 25.8 Å². The van der Waals surface area contributed by atoms with Gasteiger partial charge in [0.25, 0.3) is 5.56 Å². The minimum Gasteiger partial charge on any atom is -0.504 e. The predicted molar refractivity (Wildman–Crippen MR) is 149 cm³/mol. The van der Waals surface area contributed by atoms with E-state index in [1.807, 2.05) is 29.7 Å². The van der Waals surface area contributed by atoms with Crippen LogP contribution >= 0.6 is 45.3 Å². The second-order valence-electron chi connectivity index (χ2n) is 8.41. The largest absolute Gasteiger partial charge is 0.504 e. The number of hydrogen-bond acceptors (Lipinski definition) is 6. The first-order valence-corrected chi connectivity index (χ1v) is 14.1. The molecule has 4 aromatic rings. The van der Waals surface area contributed by atoms with Crippen LogP contribution in [0.25, 0.3) is 11.8 Å². The summed E-state index contributed by atoms with van der Waals surface area (Å²) in [6, 6.07) is 16.1. The Morgan fingerprint density at radius 2 is 2.09 bits per heavy atom. The molecule has 0 spiro atoms. The molecule has 2 aliphatic rings. The molecule has 1 N–H and O–H groups in total. The van der Waals surface area contributed by atoms with Crippen molar-refractivity contribution >= 4 is 57.0 Å². The van der Waals surface area contributed by atoms with Crippen LogP contribution in [0, 0.1) is 3.57 Å². The SMILES string of the molecule is CCOc1cc(/C=c2\sc3n(c2=O)[C@H](c2cccs2)C2=C(N=3)c3ccccc3CC2)cc(I)c1O. The number of hydrogen-bond donors (Lipinski definition) is 1. The number of aryl methyl sites for hydroxylation is 1. The summed E-state index contributed by atoms with van der Waals surface area (Å²) in [4.78, 5) is 20.7. The van der Waals surface area contributed by atoms with Crippen LogP contribution in [-0.4, -0.2) is 16.3 Å². The number of rotatable bonds is 4. The number of phenols is 1. The minimum atomic E-state index is -0.143. The number of ether oxygens (including phenoxy) is 1. The summed E-state index contributed by atoms with van der Waals surface area (Å²) in [7, 11) is 0. The summed E-state index contributed by atoms with van der Waals surface area (Å²) < 4.78 is 8.75. The van der Waals surface area contributed by atoms with Crippen molar-refractivity contribution in [2.75, 3.05) is 6.61 Å². The van der Waals surface area contributed by atoms with Crippen molar-refractivity contribution < 1.29 is 9.84 Å². The number of phenolic OH excluding ortho intramolecular Hbond substituents is 1. The monoisotopic (exact) mass is 612 g/mol. The molecule has 0 radical (unpaired) electrons. The third-order valence-electron chi connectivity index (χ3n) is 6.33. The lowest BCUT2D eigenvalue weighted by Crippen LogP contribution is -2.38. The van der Waals surface area contributed by atoms with Gasteiger partial charge in [-0.1, -0.05) is 41.7 Å². The summed E-state index contributed by atoms with van der Waals surface area (Å²) in [5.74, 6) is 0.539. The van der Waals surface area contributed by atoms with Crippen LogP contribution in [0.5, 0.6) is 11.5 Å². The van der Waals surface area contributed by atoms with Crippen LogP contribution in [0.4, 0.5) is 0 Å². The van der Waals surface area contributed by atoms with E-state index in [1.165, 1.54) is 28.0 Å². The molecule has 2 aromatic heterocycles. The number of aromatic nitrogens is 1. The first-order chi connectivity index (χ1) is 17.0. The highest BCUT2D eigenvalue weighted by atomic mass is 127. The zero-order valence-electron chi connectivity index (χ0n) is 18.8. The Labute approximate surface area is 223 Å². The number of benzene rings is 2. The van der Waals surface area contributed by atoms with Gasteiger partial charge in [0.1, 0.15) is 0 Å². The third kappa shape index (κ3) is 3.88. The molecule has 35 heavy (non-hydrogen) atoms. The van der Waals surface area contributed by atoms with Crippen molar-refractivity contribution in [2.24, 2.45) is 4.99 Å². The van der Waals surface area contributed by atoms with E-state index in [9.17, 15) is 9.90 Å². The predicted octanol–water partition coefficient (Wildman–Crippen LogP) is 5.09. The smallest absolute Gasteiger partial charge is 0.271 e. The number of halogens is 1. The molecule has 176 valence electrons. The van der Waals surface area contributed by atoms with Gasteiger partial charge in [0.15, 0.2) is 16.3 Å². The van der Waals surface area contributed by atoms with Gasteiger partial charge in [-0.2, -0.15) is 0 Å². The fourth-order valence-corrected chi connectivity index (χ4v) is 7.29. The van der Waals surface area contributed by atoms with Gasteiger partial charge in [-0.25, -0.2) is 4.99 Å². The van der Waals surface area contributed by atoms with Gasteiger partial charge in [0, 0.05) is 10.4 Å². The minimum absolute atomic E-state index is 0.0430. The Morgan fingerprint density at radius 1 is 1.23 bits per heavy atom. The topological polar surface area (TPSA) is 63.8 Å². The van der Waals surface area contributed by atoms with E-state index in [-0.39, 0.29) is 17.4 Å². The highest BCUT2D eigenvalue weighted by Crippen LogP contribution is 2.42. The molecular weight excluding hydrogens is 591 g/mol. The first-order valence-electron chi connectivity index (χ1n) is 11.4. The molecule has 5 nitrogen and oxygen atoms in total. The molecule has 6 rings (SSSR count). The highest BCUT2D eigenvalue weighted by Gasteiger charge is 2.33. The third-order valence-corrected chi connectivity index (χ3v) is 9.06. The second-order valence-corrected chi connectivity index (χ2v) is 11.6. The Kier molecular flexibility index (Phi) is 5.90. The number of nitrogens with zero attached hydrogens (tertiary/aromatic N) is 2. The van der Waals surface area contributed by atoms with E-state index in [0.29, 0.717) is 25.3 Å². The van der Waals surface area contributed by atoms with Crippen LogP contribution in [-0.2, 0) is 6.42 Å². The van der Waals surface area contributed by atoms with Gasteiger partial charge in [-0.15, -0.1) is 11.3 Å². The van der Waals surface area contributed by atoms with Crippen LogP contribution in [0.2, 0.25) is 0 Å². The summed E-state index contributed by atoms with van der Waals surface area (Å²) in [5.41, 5.74) is 5.46. The van der Waals surface area contributed by atoms with Crippen molar-refractivity contribution in [3.8, 4) is 11.5 Å². The van der Waals surface area contributed by atoms with Gasteiger partial charge in [-0.05, 0) is 88.7 Å². The molecule has 0 saturated carbocycles. The molecule has 0 amide bonds. The lowest BCUT2D eigenvalue weighted by atomic mass is 9.85. The van der Waals surface area contributed by atoms with Crippen LogP contribution in [0.3, 0.4) is 0 Å². The second kappa shape index (κ2) is 9.07. The molecule has 1 aliphatic heterocycles. The Morgan fingerprint density at radius 3 is 2.89 bits per heavy atom. The number of fused-ring (bicyclic) bond motifs is 3. The van der Waals surface area contributed by atoms with E-state index in [1.54, 1.807) is 17.4 Å². The van der Waals surface area contributed by atoms with Gasteiger partial charge in [0.05, 0.1) is 26.4 Å². The fourth-order valence-electron chi connectivity index (χ4n) is 4.81. The van der Waals surface area contributed by atoms with E-state index < -0.39 is 0 Å². The van der Waals surface area contributed by atoms with E-state index in [2.05, 4.69) is 58.3 Å². The van der Waals surface area contributed by atoms with Gasteiger partial charge >= 0.3 is 0 Å². The van der Waals surface area contributed by atoms with Gasteiger partial charge in [0.2, 0.25) is 0 Å². The van der Waals surface area contributed by atoms with Gasteiger partial charge < -0.3 is 9.84 Å². The van der Waals surface area contributed by atoms with Gasteiger partial charge in [-0.3, -0.25) is 9.36 Å². The maximum absolute atomic E-state index is 13.8. The Balaban J connectivity index is 1.58. The first kappa shape index (κ1) is 22.8. The molecule has 0 fully saturated rings. The zero-order valence-corrected chi connectivity index (χ0v) is 22.6. The van der Waals surface area contributed by atoms with Crippen LogP contribution < -0.4 is 19.6 Å². The molecule has 1 aliphatic carbocycles. The number of thiazole rings is 1. The quantitative estimate of drug-likeness (QED) is 0.327. The molecule has 8 heteroatoms. The maximum atomic E-state index is 13.8. The van der Waals surface area contributed by atoms with E-state index in [4.69, 9.17) is 9.73 Å². The average molecular weight is 613 g/mol. The summed E-state index contributed by atoms with van der Waals surface area (Å²) >= 11 is 5.17. The molecular formula is C27H21IN2O3S2. The van der Waals surface area contributed by atoms with Crippen molar-refractivity contribution in [1.29, 1.82) is 0 Å². The molecule has 0 saturated heterocycles. The lowest BCUT2D eigenvalue weighted by molar-refractivity contribution is 0.317. The highest BCUT2D eigenvalue weighted by molar-refractivity contribution is 14.1. The van der Waals surface area contributed by atoms with Crippen molar-refractivity contribution in [3.05, 3.63) is 104 Å². The molecule has 2 aromatic carbocycles. The summed E-state index contributed by atoms with van der Waals surface area (Å²) in [6.07, 6.45) is 3.70. The zero-order chi connectivity index (χ0) is 24.1. The fraction of sp³-hybridized carbons (Fsp3) is 0.185. The van der Waals surface area contributed by atoms with Crippen LogP contribution in [0.15, 0.2) is 69.3 Å². The average Bonchev–Trinajstić information content (AvgIpc) is 3.50. The normalized spacial score (nSPS) is 17.0. The molecule has 0 unspecified atom stereocenters. The maximum Gasteiger partial charge on any atom is 0.271 e. The van der Waals surface area contributed by atoms with Crippen molar-refractivity contribution in [1.82, 2.24) is 4.57 Å². The lowest BCUT2D eigenvalue weighted by Gasteiger charge is -2.30. The van der Waals surface area contributed by atoms with E-state index in [0.717, 1.165) is 29.0 Å². The number of aromatic hydroxyl groups is 1. The van der Waals surface area contributed by atoms with Crippen LogP contribution in [0.1, 0.15) is 41.0 Å². The Bertz CT molecular complexity index is 1670. The van der Waals surface area contributed by atoms with E-state index >= 15 is 0 Å². The molecule has 0 bridgehead atoms. The Hall–Kier alpha value is -2.69. The molecule has 3 heterocycles. The van der Waals surface area contributed by atoms with Crippen molar-refractivity contribution in [3.63, 3.8) is 0 Å². The standard InChI is InChI=1S/C27H21IN2O3S2/c1-2-33-20-13-15(12-19(28)25(20)31)14-22-26(32)30-24(21-8-5-11-34-21)18-10-9-16-6-3-4-7-17(16)23(18)29-27(30)35-22/h3-8,11-14,24,31H,2,9-10H2,1H3/b22-14-/t24-/m0/s1. The summed E-state index contributed by atoms with van der Waals surface area (Å²) in [5, 5.41) is 12.4. The number of allylic oxidation sites excluding steroid dienone is 1. The number of thiophene rings is 1.